The van der Waals surface area contributed by atoms with E-state index < -0.39 is 0 Å². The predicted octanol–water partition coefficient (Wildman–Crippen LogP) is 5.15. The van der Waals surface area contributed by atoms with E-state index in [9.17, 15) is 5.11 Å². The highest BCUT2D eigenvalue weighted by atomic mass is 16.5. The minimum absolute atomic E-state index is 0.190. The average Bonchev–Trinajstić information content (AvgIpc) is 2.67. The highest BCUT2D eigenvalue weighted by Crippen LogP contribution is 2.26. The van der Waals surface area contributed by atoms with Crippen molar-refractivity contribution in [3.05, 3.63) is 89.5 Å². The van der Waals surface area contributed by atoms with Crippen molar-refractivity contribution in [2.75, 3.05) is 7.11 Å². The van der Waals surface area contributed by atoms with Gasteiger partial charge in [-0.15, -0.1) is 0 Å². The molecule has 0 atom stereocenters. The zero-order chi connectivity index (χ0) is 17.5. The van der Waals surface area contributed by atoms with Crippen molar-refractivity contribution in [3.8, 4) is 17.2 Å². The molecule has 126 valence electrons. The SMILES string of the molecule is COc1ccc(/C=C/c2ccc(OCc3ccccc3)cc2O)cc1. The smallest absolute Gasteiger partial charge is 0.126 e. The van der Waals surface area contributed by atoms with E-state index in [-0.39, 0.29) is 5.75 Å². The number of methoxy groups -OCH3 is 1. The monoisotopic (exact) mass is 332 g/mol. The van der Waals surface area contributed by atoms with Crippen LogP contribution < -0.4 is 9.47 Å². The zero-order valence-corrected chi connectivity index (χ0v) is 14.1. The van der Waals surface area contributed by atoms with Crippen LogP contribution in [0.4, 0.5) is 0 Å². The lowest BCUT2D eigenvalue weighted by Crippen LogP contribution is -1.94. The largest absolute Gasteiger partial charge is 0.507 e. The molecule has 3 aromatic rings. The maximum absolute atomic E-state index is 10.2. The van der Waals surface area contributed by atoms with Crippen LogP contribution in [-0.4, -0.2) is 12.2 Å². The first-order valence-corrected chi connectivity index (χ1v) is 8.06. The lowest BCUT2D eigenvalue weighted by atomic mass is 10.1. The van der Waals surface area contributed by atoms with E-state index in [0.717, 1.165) is 22.4 Å². The summed E-state index contributed by atoms with van der Waals surface area (Å²) < 4.78 is 10.9. The van der Waals surface area contributed by atoms with E-state index in [4.69, 9.17) is 9.47 Å². The van der Waals surface area contributed by atoms with Crippen molar-refractivity contribution < 1.29 is 14.6 Å². The van der Waals surface area contributed by atoms with Crippen LogP contribution in [0.1, 0.15) is 16.7 Å². The number of hydrogen-bond acceptors (Lipinski definition) is 3. The Hall–Kier alpha value is -3.20. The third-order valence-electron chi connectivity index (χ3n) is 3.82. The van der Waals surface area contributed by atoms with Gasteiger partial charge in [0, 0.05) is 11.6 Å². The molecule has 0 unspecified atom stereocenters. The quantitative estimate of drug-likeness (QED) is 0.634. The number of rotatable bonds is 6. The molecule has 3 aromatic carbocycles. The fourth-order valence-electron chi connectivity index (χ4n) is 2.40. The van der Waals surface area contributed by atoms with Crippen LogP contribution in [-0.2, 0) is 6.61 Å². The number of phenols is 1. The molecule has 1 N–H and O–H groups in total. The van der Waals surface area contributed by atoms with Gasteiger partial charge in [0.05, 0.1) is 7.11 Å². The summed E-state index contributed by atoms with van der Waals surface area (Å²) in [7, 11) is 1.64. The van der Waals surface area contributed by atoms with E-state index in [1.54, 1.807) is 13.2 Å². The highest BCUT2D eigenvalue weighted by Gasteiger charge is 2.02. The summed E-state index contributed by atoms with van der Waals surface area (Å²) in [5.41, 5.74) is 2.86. The average molecular weight is 332 g/mol. The van der Waals surface area contributed by atoms with Gasteiger partial charge >= 0.3 is 0 Å². The van der Waals surface area contributed by atoms with Crippen LogP contribution in [0.25, 0.3) is 12.2 Å². The van der Waals surface area contributed by atoms with Crippen LogP contribution in [0, 0.1) is 0 Å². The summed E-state index contributed by atoms with van der Waals surface area (Å²) in [5, 5.41) is 10.2. The molecule has 0 aliphatic carbocycles. The summed E-state index contributed by atoms with van der Waals surface area (Å²) in [6.45, 7) is 0.474. The lowest BCUT2D eigenvalue weighted by Gasteiger charge is -2.08. The van der Waals surface area contributed by atoms with Gasteiger partial charge in [-0.05, 0) is 35.4 Å². The summed E-state index contributed by atoms with van der Waals surface area (Å²) in [6.07, 6.45) is 3.82. The van der Waals surface area contributed by atoms with E-state index >= 15 is 0 Å². The van der Waals surface area contributed by atoms with Crippen LogP contribution in [0.3, 0.4) is 0 Å². The lowest BCUT2D eigenvalue weighted by molar-refractivity contribution is 0.304. The van der Waals surface area contributed by atoms with Crippen LogP contribution in [0.2, 0.25) is 0 Å². The van der Waals surface area contributed by atoms with Crippen molar-refractivity contribution in [1.29, 1.82) is 0 Å². The number of benzene rings is 3. The maximum Gasteiger partial charge on any atom is 0.126 e. The molecule has 0 saturated heterocycles. The molecule has 3 rings (SSSR count). The van der Waals surface area contributed by atoms with Gasteiger partial charge in [-0.25, -0.2) is 0 Å². The molecule has 0 bridgehead atoms. The van der Waals surface area contributed by atoms with Gasteiger partial charge in [0.1, 0.15) is 23.9 Å². The molecule has 0 saturated carbocycles. The minimum Gasteiger partial charge on any atom is -0.507 e. The van der Waals surface area contributed by atoms with Gasteiger partial charge in [-0.3, -0.25) is 0 Å². The molecule has 0 spiro atoms. The third kappa shape index (κ3) is 4.64. The number of phenolic OH excluding ortho intramolecular Hbond substituents is 1. The van der Waals surface area contributed by atoms with E-state index in [1.807, 2.05) is 78.9 Å². The third-order valence-corrected chi connectivity index (χ3v) is 3.82. The summed E-state index contributed by atoms with van der Waals surface area (Å²) in [6, 6.07) is 23.0. The molecule has 0 amide bonds. The van der Waals surface area contributed by atoms with Crippen LogP contribution in [0.5, 0.6) is 17.2 Å². The summed E-state index contributed by atoms with van der Waals surface area (Å²) in [4.78, 5) is 0. The van der Waals surface area contributed by atoms with Crippen molar-refractivity contribution in [1.82, 2.24) is 0 Å². The minimum atomic E-state index is 0.190. The topological polar surface area (TPSA) is 38.7 Å². The first kappa shape index (κ1) is 16.7. The number of ether oxygens (including phenoxy) is 2. The molecule has 0 radical (unpaired) electrons. The Morgan fingerprint density at radius 1 is 0.840 bits per heavy atom. The Labute approximate surface area is 147 Å². The van der Waals surface area contributed by atoms with Crippen LogP contribution >= 0.6 is 0 Å². The van der Waals surface area contributed by atoms with E-state index in [0.29, 0.717) is 12.4 Å². The second kappa shape index (κ2) is 8.06. The van der Waals surface area contributed by atoms with Gasteiger partial charge in [0.2, 0.25) is 0 Å². The summed E-state index contributed by atoms with van der Waals surface area (Å²) in [5.74, 6) is 1.65. The Kier molecular flexibility index (Phi) is 5.37. The zero-order valence-electron chi connectivity index (χ0n) is 14.1. The van der Waals surface area contributed by atoms with Crippen molar-refractivity contribution in [2.45, 2.75) is 6.61 Å². The van der Waals surface area contributed by atoms with E-state index in [2.05, 4.69) is 0 Å². The molecular formula is C22H20O3. The van der Waals surface area contributed by atoms with Crippen molar-refractivity contribution in [3.63, 3.8) is 0 Å². The molecule has 3 heteroatoms. The molecule has 0 heterocycles. The van der Waals surface area contributed by atoms with Gasteiger partial charge in [-0.1, -0.05) is 54.6 Å². The molecule has 3 nitrogen and oxygen atoms in total. The Balaban J connectivity index is 1.65. The van der Waals surface area contributed by atoms with Gasteiger partial charge in [0.15, 0.2) is 0 Å². The summed E-state index contributed by atoms with van der Waals surface area (Å²) >= 11 is 0. The molecular weight excluding hydrogens is 312 g/mol. The first-order valence-electron chi connectivity index (χ1n) is 8.06. The molecule has 0 fully saturated rings. The van der Waals surface area contributed by atoms with Crippen LogP contribution in [0.15, 0.2) is 72.8 Å². The molecule has 0 aliphatic heterocycles. The number of hydrogen-bond donors (Lipinski definition) is 1. The van der Waals surface area contributed by atoms with E-state index in [1.165, 1.54) is 0 Å². The van der Waals surface area contributed by atoms with Crippen molar-refractivity contribution >= 4 is 12.2 Å². The first-order chi connectivity index (χ1) is 12.2. The highest BCUT2D eigenvalue weighted by molar-refractivity contribution is 5.73. The Morgan fingerprint density at radius 3 is 2.24 bits per heavy atom. The standard InChI is InChI=1S/C22H20O3/c1-24-20-12-8-17(9-13-20)7-10-19-11-14-21(15-22(19)23)25-16-18-5-3-2-4-6-18/h2-15,23H,16H2,1H3/b10-7+. The predicted molar refractivity (Wildman–Crippen MR) is 101 cm³/mol. The molecule has 25 heavy (non-hydrogen) atoms. The fraction of sp³-hybridized carbons (Fsp3) is 0.0909. The Bertz CT molecular complexity index is 837. The normalized spacial score (nSPS) is 10.8. The van der Waals surface area contributed by atoms with Crippen molar-refractivity contribution in [2.24, 2.45) is 0 Å². The maximum atomic E-state index is 10.2. The fourth-order valence-corrected chi connectivity index (χ4v) is 2.40. The molecule has 0 aliphatic rings. The second-order valence-corrected chi connectivity index (χ2v) is 5.60. The van der Waals surface area contributed by atoms with Gasteiger partial charge < -0.3 is 14.6 Å². The number of aromatic hydroxyl groups is 1. The molecule has 0 aromatic heterocycles. The Morgan fingerprint density at radius 2 is 1.56 bits per heavy atom. The van der Waals surface area contributed by atoms with Gasteiger partial charge in [-0.2, -0.15) is 0 Å². The second-order valence-electron chi connectivity index (χ2n) is 5.60. The van der Waals surface area contributed by atoms with Gasteiger partial charge in [0.25, 0.3) is 0 Å².